The minimum atomic E-state index is 0.0139. The summed E-state index contributed by atoms with van der Waals surface area (Å²) in [5.74, 6) is 1.59. The molecule has 78 valence electrons. The zero-order valence-electron chi connectivity index (χ0n) is 8.19. The molecule has 1 aromatic rings. The summed E-state index contributed by atoms with van der Waals surface area (Å²) in [5.41, 5.74) is 8.26. The summed E-state index contributed by atoms with van der Waals surface area (Å²) < 4.78 is 10.6. The Hall–Kier alpha value is -1.55. The van der Waals surface area contributed by atoms with Gasteiger partial charge in [0, 0.05) is 18.2 Å². The van der Waals surface area contributed by atoms with E-state index >= 15 is 0 Å². The van der Waals surface area contributed by atoms with Crippen LogP contribution in [0.5, 0.6) is 11.5 Å². The van der Waals surface area contributed by atoms with Crippen LogP contribution in [0, 0.1) is 5.41 Å². The van der Waals surface area contributed by atoms with Crippen LogP contribution in [-0.2, 0) is 6.42 Å². The summed E-state index contributed by atoms with van der Waals surface area (Å²) in [5, 5.41) is 7.38. The van der Waals surface area contributed by atoms with Crippen LogP contribution in [0.2, 0.25) is 0 Å². The topological polar surface area (TPSA) is 68.3 Å². The summed E-state index contributed by atoms with van der Waals surface area (Å²) in [6.07, 6.45) is 2.23. The lowest BCUT2D eigenvalue weighted by molar-refractivity contribution is 0.174. The normalized spacial score (nSPS) is 26.5. The van der Waals surface area contributed by atoms with E-state index in [1.807, 2.05) is 12.1 Å². The molecule has 4 heteroatoms. The molecule has 4 nitrogen and oxygen atoms in total. The third kappa shape index (κ3) is 1.15. The first-order valence-electron chi connectivity index (χ1n) is 4.98. The van der Waals surface area contributed by atoms with Gasteiger partial charge in [0.2, 0.25) is 6.79 Å². The van der Waals surface area contributed by atoms with Crippen molar-refractivity contribution < 1.29 is 9.47 Å². The van der Waals surface area contributed by atoms with Gasteiger partial charge in [-0.15, -0.1) is 0 Å². The number of fused-ring (bicyclic) bond motifs is 2. The summed E-state index contributed by atoms with van der Waals surface area (Å²) in [7, 11) is 0. The fourth-order valence-corrected chi connectivity index (χ4v) is 2.31. The molecule has 15 heavy (non-hydrogen) atoms. The average molecular weight is 204 g/mol. The number of nitrogens with two attached hydrogens (primary N) is 1. The molecule has 2 aliphatic rings. The quantitative estimate of drug-likeness (QED) is 0.671. The molecule has 0 bridgehead atoms. The molecule has 2 unspecified atom stereocenters. The van der Waals surface area contributed by atoms with Gasteiger partial charge in [-0.05, 0) is 29.7 Å². The molecule has 1 heterocycles. The maximum atomic E-state index is 7.38. The Morgan fingerprint density at radius 2 is 2.07 bits per heavy atom. The first-order chi connectivity index (χ1) is 7.29. The SMILES string of the molecule is N=CC1c2cc3c(cc2CC1N)OCO3. The maximum Gasteiger partial charge on any atom is 0.231 e. The second kappa shape index (κ2) is 2.97. The third-order valence-corrected chi connectivity index (χ3v) is 3.09. The van der Waals surface area contributed by atoms with Crippen LogP contribution >= 0.6 is 0 Å². The lowest BCUT2D eigenvalue weighted by atomic mass is 10.00. The lowest BCUT2D eigenvalue weighted by Gasteiger charge is -2.09. The second-order valence-corrected chi connectivity index (χ2v) is 3.96. The van der Waals surface area contributed by atoms with Gasteiger partial charge in [-0.2, -0.15) is 0 Å². The van der Waals surface area contributed by atoms with Crippen LogP contribution in [0.3, 0.4) is 0 Å². The van der Waals surface area contributed by atoms with Crippen molar-refractivity contribution in [3.05, 3.63) is 23.3 Å². The fourth-order valence-electron chi connectivity index (χ4n) is 2.31. The van der Waals surface area contributed by atoms with E-state index in [1.165, 1.54) is 11.8 Å². The Kier molecular flexibility index (Phi) is 1.73. The van der Waals surface area contributed by atoms with Gasteiger partial charge in [0.25, 0.3) is 0 Å². The predicted octanol–water partition coefficient (Wildman–Crippen LogP) is 1.03. The van der Waals surface area contributed by atoms with Crippen molar-refractivity contribution in [1.29, 1.82) is 5.41 Å². The lowest BCUT2D eigenvalue weighted by Crippen LogP contribution is -2.25. The third-order valence-electron chi connectivity index (χ3n) is 3.09. The standard InChI is InChI=1S/C11H12N2O2/c12-4-8-7-3-11-10(14-5-15-11)2-6(7)1-9(8)13/h2-4,8-9,12H,1,5,13H2. The molecule has 2 atom stereocenters. The summed E-state index contributed by atoms with van der Waals surface area (Å²) in [6.45, 7) is 0.291. The molecular weight excluding hydrogens is 192 g/mol. The first kappa shape index (κ1) is 8.73. The van der Waals surface area contributed by atoms with Crippen LogP contribution in [0.1, 0.15) is 17.0 Å². The predicted molar refractivity (Wildman–Crippen MR) is 55.8 cm³/mol. The molecule has 1 aliphatic heterocycles. The van der Waals surface area contributed by atoms with E-state index in [0.29, 0.717) is 6.79 Å². The van der Waals surface area contributed by atoms with E-state index in [1.54, 1.807) is 0 Å². The van der Waals surface area contributed by atoms with Crippen LogP contribution < -0.4 is 15.2 Å². The number of hydrogen-bond donors (Lipinski definition) is 2. The Morgan fingerprint density at radius 3 is 2.80 bits per heavy atom. The van der Waals surface area contributed by atoms with Crippen molar-refractivity contribution in [3.63, 3.8) is 0 Å². The number of benzene rings is 1. The Labute approximate surface area is 87.5 Å². The summed E-state index contributed by atoms with van der Waals surface area (Å²) >= 11 is 0. The summed E-state index contributed by atoms with van der Waals surface area (Å²) in [4.78, 5) is 0. The molecule has 3 N–H and O–H groups in total. The van der Waals surface area contributed by atoms with E-state index in [-0.39, 0.29) is 12.0 Å². The van der Waals surface area contributed by atoms with Gasteiger partial charge in [-0.3, -0.25) is 0 Å². The highest BCUT2D eigenvalue weighted by atomic mass is 16.7. The Balaban J connectivity index is 2.12. The highest BCUT2D eigenvalue weighted by Crippen LogP contribution is 2.41. The van der Waals surface area contributed by atoms with Crippen molar-refractivity contribution in [2.75, 3.05) is 6.79 Å². The van der Waals surface area contributed by atoms with E-state index < -0.39 is 0 Å². The van der Waals surface area contributed by atoms with Gasteiger partial charge in [0.15, 0.2) is 11.5 Å². The molecule has 0 amide bonds. The van der Waals surface area contributed by atoms with Crippen LogP contribution in [0.15, 0.2) is 12.1 Å². The van der Waals surface area contributed by atoms with Gasteiger partial charge >= 0.3 is 0 Å². The van der Waals surface area contributed by atoms with Crippen LogP contribution in [0.4, 0.5) is 0 Å². The number of nitrogens with one attached hydrogen (secondary N) is 1. The monoisotopic (exact) mass is 204 g/mol. The number of ether oxygens (including phenoxy) is 2. The molecule has 0 aromatic heterocycles. The van der Waals surface area contributed by atoms with E-state index in [2.05, 4.69) is 0 Å². The molecule has 0 radical (unpaired) electrons. The molecule has 0 saturated heterocycles. The molecule has 1 aliphatic carbocycles. The van der Waals surface area contributed by atoms with Gasteiger partial charge in [0.05, 0.1) is 0 Å². The van der Waals surface area contributed by atoms with E-state index in [4.69, 9.17) is 20.6 Å². The van der Waals surface area contributed by atoms with Crippen molar-refractivity contribution in [2.24, 2.45) is 5.73 Å². The van der Waals surface area contributed by atoms with Crippen molar-refractivity contribution >= 4 is 6.21 Å². The second-order valence-electron chi connectivity index (χ2n) is 3.96. The van der Waals surface area contributed by atoms with Crippen molar-refractivity contribution in [3.8, 4) is 11.5 Å². The van der Waals surface area contributed by atoms with Crippen molar-refractivity contribution in [1.82, 2.24) is 0 Å². The molecule has 0 saturated carbocycles. The highest BCUT2D eigenvalue weighted by molar-refractivity contribution is 5.71. The van der Waals surface area contributed by atoms with Gasteiger partial charge in [0.1, 0.15) is 0 Å². The molecule has 0 spiro atoms. The van der Waals surface area contributed by atoms with E-state index in [9.17, 15) is 0 Å². The van der Waals surface area contributed by atoms with Gasteiger partial charge in [-0.1, -0.05) is 0 Å². The molecule has 0 fully saturated rings. The van der Waals surface area contributed by atoms with E-state index in [0.717, 1.165) is 23.5 Å². The molecular formula is C11H12N2O2. The van der Waals surface area contributed by atoms with Crippen LogP contribution in [-0.4, -0.2) is 19.0 Å². The fraction of sp³-hybridized carbons (Fsp3) is 0.364. The number of rotatable bonds is 1. The number of hydrogen-bond acceptors (Lipinski definition) is 4. The minimum absolute atomic E-state index is 0.0139. The van der Waals surface area contributed by atoms with Gasteiger partial charge < -0.3 is 20.6 Å². The molecule has 1 aromatic carbocycles. The van der Waals surface area contributed by atoms with Crippen LogP contribution in [0.25, 0.3) is 0 Å². The largest absolute Gasteiger partial charge is 0.454 e. The van der Waals surface area contributed by atoms with Gasteiger partial charge in [-0.25, -0.2) is 0 Å². The summed E-state index contributed by atoms with van der Waals surface area (Å²) in [6, 6.07) is 3.96. The molecule has 3 rings (SSSR count). The first-order valence-corrected chi connectivity index (χ1v) is 4.98. The Morgan fingerprint density at radius 1 is 1.33 bits per heavy atom. The zero-order valence-corrected chi connectivity index (χ0v) is 8.19. The Bertz CT molecular complexity index is 431. The maximum absolute atomic E-state index is 7.38. The average Bonchev–Trinajstić information content (AvgIpc) is 2.76. The van der Waals surface area contributed by atoms with Crippen molar-refractivity contribution in [2.45, 2.75) is 18.4 Å². The highest BCUT2D eigenvalue weighted by Gasteiger charge is 2.31. The zero-order chi connectivity index (χ0) is 10.4. The smallest absolute Gasteiger partial charge is 0.231 e. The minimum Gasteiger partial charge on any atom is -0.454 e.